The van der Waals surface area contributed by atoms with E-state index in [0.717, 1.165) is 18.4 Å². The molecule has 0 atom stereocenters. The van der Waals surface area contributed by atoms with Gasteiger partial charge in [-0.3, -0.25) is 0 Å². The summed E-state index contributed by atoms with van der Waals surface area (Å²) in [5, 5.41) is 24.7. The van der Waals surface area contributed by atoms with E-state index < -0.39 is 0 Å². The largest absolute Gasteiger partial charge is 0.411 e. The molecule has 0 radical (unpaired) electrons. The first-order chi connectivity index (χ1) is 9.13. The first-order valence-electron chi connectivity index (χ1n) is 6.67. The lowest BCUT2D eigenvalue weighted by atomic mass is 9.97. The molecule has 4 heteroatoms. The molecular formula is C15H22N2O2. The first-order valence-corrected chi connectivity index (χ1v) is 6.67. The molecule has 0 aromatic heterocycles. The second-order valence-corrected chi connectivity index (χ2v) is 4.88. The number of nitrogens with zero attached hydrogens (tertiary/aromatic N) is 2. The number of rotatable bonds is 6. The van der Waals surface area contributed by atoms with E-state index in [-0.39, 0.29) is 0 Å². The van der Waals surface area contributed by atoms with Crippen LogP contribution in [0.3, 0.4) is 0 Å². The molecule has 2 N–H and O–H groups in total. The molecule has 0 fully saturated rings. The Hall–Kier alpha value is -1.84. The van der Waals surface area contributed by atoms with Crippen LogP contribution in [-0.4, -0.2) is 21.8 Å². The van der Waals surface area contributed by atoms with Gasteiger partial charge in [0, 0.05) is 5.56 Å². The van der Waals surface area contributed by atoms with Crippen LogP contribution in [0.25, 0.3) is 0 Å². The average molecular weight is 262 g/mol. The lowest BCUT2D eigenvalue weighted by Crippen LogP contribution is -2.16. The SMILES string of the molecule is CCCCC(=N\O)/C(=N/O)c1ccc(C(C)C)cc1. The summed E-state index contributed by atoms with van der Waals surface area (Å²) in [7, 11) is 0. The van der Waals surface area contributed by atoms with Gasteiger partial charge in [0.05, 0.1) is 0 Å². The third kappa shape index (κ3) is 4.09. The molecule has 0 saturated carbocycles. The van der Waals surface area contributed by atoms with Crippen molar-refractivity contribution in [3.8, 4) is 0 Å². The zero-order valence-electron chi connectivity index (χ0n) is 11.8. The van der Waals surface area contributed by atoms with Crippen molar-refractivity contribution in [2.75, 3.05) is 0 Å². The molecule has 1 aromatic carbocycles. The monoisotopic (exact) mass is 262 g/mol. The van der Waals surface area contributed by atoms with Gasteiger partial charge in [0.25, 0.3) is 0 Å². The van der Waals surface area contributed by atoms with E-state index in [2.05, 4.69) is 31.1 Å². The Kier molecular flexibility index (Phi) is 6.06. The fourth-order valence-electron chi connectivity index (χ4n) is 1.87. The van der Waals surface area contributed by atoms with Crippen molar-refractivity contribution in [1.82, 2.24) is 0 Å². The van der Waals surface area contributed by atoms with Gasteiger partial charge in [0.15, 0.2) is 0 Å². The molecule has 0 spiro atoms. The standard InChI is InChI=1S/C15H22N2O2/c1-4-5-6-14(16-18)15(17-19)13-9-7-12(8-10-13)11(2)3/h7-11,18-19H,4-6H2,1-3H3/b16-14+,17-15+. The molecular weight excluding hydrogens is 240 g/mol. The van der Waals surface area contributed by atoms with Crippen molar-refractivity contribution in [2.24, 2.45) is 10.3 Å². The number of oxime groups is 2. The van der Waals surface area contributed by atoms with Crippen LogP contribution in [0.15, 0.2) is 34.6 Å². The Morgan fingerprint density at radius 3 is 2.16 bits per heavy atom. The number of unbranched alkanes of at least 4 members (excludes halogenated alkanes) is 1. The van der Waals surface area contributed by atoms with E-state index in [1.54, 1.807) is 0 Å². The summed E-state index contributed by atoms with van der Waals surface area (Å²) >= 11 is 0. The normalized spacial score (nSPS) is 13.1. The zero-order chi connectivity index (χ0) is 14.3. The van der Waals surface area contributed by atoms with Gasteiger partial charge < -0.3 is 10.4 Å². The molecule has 19 heavy (non-hydrogen) atoms. The van der Waals surface area contributed by atoms with Gasteiger partial charge in [-0.15, -0.1) is 0 Å². The molecule has 1 rings (SSSR count). The van der Waals surface area contributed by atoms with Crippen LogP contribution in [0.1, 0.15) is 57.1 Å². The fourth-order valence-corrected chi connectivity index (χ4v) is 1.87. The first kappa shape index (κ1) is 15.2. The Bertz CT molecular complexity index is 448. The molecule has 0 saturated heterocycles. The summed E-state index contributed by atoms with van der Waals surface area (Å²) in [4.78, 5) is 0. The molecule has 0 aliphatic rings. The van der Waals surface area contributed by atoms with Gasteiger partial charge in [-0.1, -0.05) is 61.8 Å². The van der Waals surface area contributed by atoms with Crippen LogP contribution in [0.4, 0.5) is 0 Å². The van der Waals surface area contributed by atoms with E-state index in [0.29, 0.717) is 23.8 Å². The van der Waals surface area contributed by atoms with Crippen molar-refractivity contribution in [3.05, 3.63) is 35.4 Å². The zero-order valence-corrected chi connectivity index (χ0v) is 11.8. The lowest BCUT2D eigenvalue weighted by molar-refractivity contribution is 0.313. The maximum absolute atomic E-state index is 9.15. The Balaban J connectivity index is 2.97. The van der Waals surface area contributed by atoms with Gasteiger partial charge in [0.2, 0.25) is 0 Å². The van der Waals surface area contributed by atoms with Crippen LogP contribution in [0.5, 0.6) is 0 Å². The minimum Gasteiger partial charge on any atom is -0.411 e. The molecule has 0 aliphatic carbocycles. The maximum Gasteiger partial charge on any atom is 0.134 e. The highest BCUT2D eigenvalue weighted by molar-refractivity contribution is 6.48. The Morgan fingerprint density at radius 1 is 1.11 bits per heavy atom. The van der Waals surface area contributed by atoms with E-state index in [4.69, 9.17) is 10.4 Å². The highest BCUT2D eigenvalue weighted by Gasteiger charge is 2.13. The average Bonchev–Trinajstić information content (AvgIpc) is 2.43. The van der Waals surface area contributed by atoms with Gasteiger partial charge >= 0.3 is 0 Å². The number of benzene rings is 1. The molecule has 0 unspecified atom stereocenters. The number of hydrogen-bond acceptors (Lipinski definition) is 4. The van der Waals surface area contributed by atoms with Gasteiger partial charge in [-0.05, 0) is 24.3 Å². The van der Waals surface area contributed by atoms with E-state index in [9.17, 15) is 0 Å². The molecule has 0 heterocycles. The summed E-state index contributed by atoms with van der Waals surface area (Å²) in [5.41, 5.74) is 2.74. The minimum absolute atomic E-state index is 0.339. The van der Waals surface area contributed by atoms with Crippen molar-refractivity contribution in [3.63, 3.8) is 0 Å². The van der Waals surface area contributed by atoms with Crippen molar-refractivity contribution in [2.45, 2.75) is 46.0 Å². The highest BCUT2D eigenvalue weighted by Crippen LogP contribution is 2.16. The Labute approximate surface area is 114 Å². The minimum atomic E-state index is 0.339. The van der Waals surface area contributed by atoms with Crippen LogP contribution in [-0.2, 0) is 0 Å². The maximum atomic E-state index is 9.15. The summed E-state index contributed by atoms with van der Waals surface area (Å²) in [6.07, 6.45) is 2.48. The van der Waals surface area contributed by atoms with Crippen molar-refractivity contribution >= 4 is 11.4 Å². The fraction of sp³-hybridized carbons (Fsp3) is 0.467. The van der Waals surface area contributed by atoms with Crippen LogP contribution in [0.2, 0.25) is 0 Å². The van der Waals surface area contributed by atoms with E-state index >= 15 is 0 Å². The van der Waals surface area contributed by atoms with Gasteiger partial charge in [0.1, 0.15) is 11.4 Å². The van der Waals surface area contributed by atoms with Crippen LogP contribution >= 0.6 is 0 Å². The quantitative estimate of drug-likeness (QED) is 0.462. The second kappa shape index (κ2) is 7.56. The third-order valence-electron chi connectivity index (χ3n) is 3.11. The van der Waals surface area contributed by atoms with Crippen molar-refractivity contribution < 1.29 is 10.4 Å². The van der Waals surface area contributed by atoms with E-state index in [1.165, 1.54) is 5.56 Å². The number of hydrogen-bond donors (Lipinski definition) is 2. The molecule has 0 aliphatic heterocycles. The molecule has 104 valence electrons. The highest BCUT2D eigenvalue weighted by atomic mass is 16.4. The van der Waals surface area contributed by atoms with E-state index in [1.807, 2.05) is 24.3 Å². The third-order valence-corrected chi connectivity index (χ3v) is 3.11. The Morgan fingerprint density at radius 2 is 1.74 bits per heavy atom. The van der Waals surface area contributed by atoms with Crippen LogP contribution < -0.4 is 0 Å². The predicted molar refractivity (Wildman–Crippen MR) is 77.6 cm³/mol. The summed E-state index contributed by atoms with van der Waals surface area (Å²) in [6, 6.07) is 7.78. The summed E-state index contributed by atoms with van der Waals surface area (Å²) < 4.78 is 0. The van der Waals surface area contributed by atoms with Gasteiger partial charge in [-0.2, -0.15) is 0 Å². The van der Waals surface area contributed by atoms with Crippen LogP contribution in [0, 0.1) is 0 Å². The van der Waals surface area contributed by atoms with Gasteiger partial charge in [-0.25, -0.2) is 0 Å². The second-order valence-electron chi connectivity index (χ2n) is 4.88. The topological polar surface area (TPSA) is 65.2 Å². The summed E-state index contributed by atoms with van der Waals surface area (Å²) in [5.74, 6) is 0.453. The lowest BCUT2D eigenvalue weighted by Gasteiger charge is -2.09. The smallest absolute Gasteiger partial charge is 0.134 e. The molecule has 1 aromatic rings. The molecule has 4 nitrogen and oxygen atoms in total. The van der Waals surface area contributed by atoms with Crippen molar-refractivity contribution in [1.29, 1.82) is 0 Å². The molecule has 0 amide bonds. The predicted octanol–water partition coefficient (Wildman–Crippen LogP) is 4.01. The molecule has 0 bridgehead atoms. The summed E-state index contributed by atoms with van der Waals surface area (Å²) in [6.45, 7) is 6.30.